The molecule has 1 N–H and O–H groups in total. The van der Waals surface area contributed by atoms with E-state index in [1.807, 2.05) is 0 Å². The zero-order valence-electron chi connectivity index (χ0n) is 8.14. The highest BCUT2D eigenvalue weighted by molar-refractivity contribution is 9.10. The van der Waals surface area contributed by atoms with Gasteiger partial charge in [0.05, 0.1) is 9.89 Å². The molecule has 0 saturated carbocycles. The lowest BCUT2D eigenvalue weighted by molar-refractivity contribution is -0.142. The Labute approximate surface area is 94.0 Å². The number of carboxylic acids is 1. The lowest BCUT2D eigenvalue weighted by Crippen LogP contribution is -2.30. The minimum atomic E-state index is -1.45. The van der Waals surface area contributed by atoms with Crippen molar-refractivity contribution in [2.75, 3.05) is 0 Å². The molecule has 0 aliphatic carbocycles. The van der Waals surface area contributed by atoms with Crippen LogP contribution < -0.4 is 0 Å². The maximum Gasteiger partial charge on any atom is 0.313 e. The molecule has 5 heteroatoms. The van der Waals surface area contributed by atoms with Gasteiger partial charge in [0.15, 0.2) is 11.6 Å². The number of hydrogen-bond acceptors (Lipinski definition) is 1. The Kier molecular flexibility index (Phi) is 3.13. The molecule has 0 saturated heterocycles. The highest BCUT2D eigenvalue weighted by Crippen LogP contribution is 2.30. The van der Waals surface area contributed by atoms with E-state index in [1.54, 1.807) is 0 Å². The van der Waals surface area contributed by atoms with Crippen molar-refractivity contribution < 1.29 is 18.7 Å². The summed E-state index contributed by atoms with van der Waals surface area (Å²) in [5.41, 5.74) is -1.62. The zero-order chi connectivity index (χ0) is 11.8. The van der Waals surface area contributed by atoms with E-state index in [9.17, 15) is 13.6 Å². The molecule has 0 fully saturated rings. The maximum absolute atomic E-state index is 13.5. The average Bonchev–Trinajstić information content (AvgIpc) is 2.13. The molecule has 0 aliphatic rings. The lowest BCUT2D eigenvalue weighted by Gasteiger charge is -2.20. The summed E-state index contributed by atoms with van der Waals surface area (Å²) in [5.74, 6) is -3.40. The van der Waals surface area contributed by atoms with E-state index in [2.05, 4.69) is 15.9 Å². The summed E-state index contributed by atoms with van der Waals surface area (Å²) in [4.78, 5) is 10.9. The molecule has 1 aromatic carbocycles. The fourth-order valence-electron chi connectivity index (χ4n) is 1.12. The number of rotatable bonds is 2. The molecule has 0 aliphatic heterocycles. The molecular formula is C10H9BrF2O2. The van der Waals surface area contributed by atoms with Crippen LogP contribution in [0.4, 0.5) is 8.78 Å². The second kappa shape index (κ2) is 3.89. The van der Waals surface area contributed by atoms with Gasteiger partial charge in [0.1, 0.15) is 0 Å². The summed E-state index contributed by atoms with van der Waals surface area (Å²) in [5, 5.41) is 8.88. The van der Waals surface area contributed by atoms with Gasteiger partial charge in [-0.25, -0.2) is 8.78 Å². The number of carboxylic acid groups (broad SMARTS) is 1. The van der Waals surface area contributed by atoms with Crippen molar-refractivity contribution in [2.45, 2.75) is 19.3 Å². The van der Waals surface area contributed by atoms with Gasteiger partial charge in [-0.15, -0.1) is 0 Å². The lowest BCUT2D eigenvalue weighted by atomic mass is 9.84. The largest absolute Gasteiger partial charge is 0.481 e. The van der Waals surface area contributed by atoms with Crippen molar-refractivity contribution in [3.63, 3.8) is 0 Å². The molecule has 0 aromatic heterocycles. The van der Waals surface area contributed by atoms with E-state index in [4.69, 9.17) is 5.11 Å². The van der Waals surface area contributed by atoms with Crippen LogP contribution in [0.2, 0.25) is 0 Å². The normalized spacial score (nSPS) is 11.5. The Balaban J connectivity index is 3.40. The van der Waals surface area contributed by atoms with Crippen LogP contribution in [0.5, 0.6) is 0 Å². The van der Waals surface area contributed by atoms with Crippen LogP contribution >= 0.6 is 15.9 Å². The third-order valence-electron chi connectivity index (χ3n) is 2.24. The first-order valence-corrected chi connectivity index (χ1v) is 4.95. The van der Waals surface area contributed by atoms with Crippen LogP contribution in [0.15, 0.2) is 16.6 Å². The second-order valence-electron chi connectivity index (χ2n) is 3.65. The molecule has 1 rings (SSSR count). The Morgan fingerprint density at radius 2 is 1.87 bits per heavy atom. The Morgan fingerprint density at radius 1 is 1.33 bits per heavy atom. The molecule has 0 atom stereocenters. The van der Waals surface area contributed by atoms with E-state index >= 15 is 0 Å². The van der Waals surface area contributed by atoms with Gasteiger partial charge in [0, 0.05) is 5.56 Å². The summed E-state index contributed by atoms with van der Waals surface area (Å²) < 4.78 is 26.6. The van der Waals surface area contributed by atoms with Gasteiger partial charge < -0.3 is 5.11 Å². The first-order chi connectivity index (χ1) is 6.78. The van der Waals surface area contributed by atoms with Crippen molar-refractivity contribution in [3.05, 3.63) is 33.8 Å². The predicted molar refractivity (Wildman–Crippen MR) is 54.7 cm³/mol. The fourth-order valence-corrected chi connectivity index (χ4v) is 1.43. The smallest absolute Gasteiger partial charge is 0.313 e. The number of carbonyl (C=O) groups is 1. The van der Waals surface area contributed by atoms with Crippen LogP contribution in [-0.2, 0) is 10.2 Å². The highest BCUT2D eigenvalue weighted by Gasteiger charge is 2.33. The van der Waals surface area contributed by atoms with Crippen LogP contribution in [0.1, 0.15) is 19.4 Å². The molecule has 0 bridgehead atoms. The molecule has 0 spiro atoms. The predicted octanol–water partition coefficient (Wildman–Crippen LogP) is 3.09. The number of benzene rings is 1. The van der Waals surface area contributed by atoms with E-state index in [-0.39, 0.29) is 10.0 Å². The monoisotopic (exact) mass is 278 g/mol. The zero-order valence-corrected chi connectivity index (χ0v) is 9.73. The van der Waals surface area contributed by atoms with Crippen LogP contribution in [0.3, 0.4) is 0 Å². The minimum absolute atomic E-state index is 0.0232. The first kappa shape index (κ1) is 12.1. The Hall–Kier alpha value is -0.970. The summed E-state index contributed by atoms with van der Waals surface area (Å²) in [6, 6.07) is 2.55. The number of aliphatic carboxylic acids is 1. The first-order valence-electron chi connectivity index (χ1n) is 4.16. The van der Waals surface area contributed by atoms with Crippen molar-refractivity contribution in [3.8, 4) is 0 Å². The van der Waals surface area contributed by atoms with Crippen molar-refractivity contribution in [1.82, 2.24) is 0 Å². The van der Waals surface area contributed by atoms with Crippen molar-refractivity contribution in [1.29, 1.82) is 0 Å². The highest BCUT2D eigenvalue weighted by atomic mass is 79.9. The summed E-state index contributed by atoms with van der Waals surface area (Å²) in [6.07, 6.45) is 0. The van der Waals surface area contributed by atoms with E-state index < -0.39 is 23.0 Å². The van der Waals surface area contributed by atoms with E-state index in [1.165, 1.54) is 26.0 Å². The van der Waals surface area contributed by atoms with E-state index in [0.717, 1.165) is 0 Å². The van der Waals surface area contributed by atoms with Crippen LogP contribution in [0, 0.1) is 11.6 Å². The van der Waals surface area contributed by atoms with Gasteiger partial charge in [-0.3, -0.25) is 4.79 Å². The number of halogens is 3. The van der Waals surface area contributed by atoms with Gasteiger partial charge in [-0.05, 0) is 35.8 Å². The second-order valence-corrected chi connectivity index (χ2v) is 4.51. The quantitative estimate of drug-likeness (QED) is 0.845. The van der Waals surface area contributed by atoms with Gasteiger partial charge >= 0.3 is 5.97 Å². The van der Waals surface area contributed by atoms with Crippen LogP contribution in [0.25, 0.3) is 0 Å². The molecule has 1 aromatic rings. The molecule has 82 valence electrons. The van der Waals surface area contributed by atoms with Crippen molar-refractivity contribution >= 4 is 21.9 Å². The van der Waals surface area contributed by atoms with E-state index in [0.29, 0.717) is 0 Å². The summed E-state index contributed by atoms with van der Waals surface area (Å²) >= 11 is 2.82. The molecule has 0 heterocycles. The summed E-state index contributed by atoms with van der Waals surface area (Å²) in [7, 11) is 0. The van der Waals surface area contributed by atoms with Gasteiger partial charge in [-0.1, -0.05) is 6.07 Å². The summed E-state index contributed by atoms with van der Waals surface area (Å²) in [6.45, 7) is 2.64. The average molecular weight is 279 g/mol. The molecule has 2 nitrogen and oxygen atoms in total. The topological polar surface area (TPSA) is 37.3 Å². The SMILES string of the molecule is CC(C)(C(=O)O)c1ccc(Br)c(F)c1F. The third kappa shape index (κ3) is 2.02. The maximum atomic E-state index is 13.5. The molecule has 0 unspecified atom stereocenters. The van der Waals surface area contributed by atoms with Gasteiger partial charge in [-0.2, -0.15) is 0 Å². The third-order valence-corrected chi connectivity index (χ3v) is 2.86. The Morgan fingerprint density at radius 3 is 2.33 bits per heavy atom. The van der Waals surface area contributed by atoms with Crippen LogP contribution in [-0.4, -0.2) is 11.1 Å². The Bertz CT molecular complexity index is 416. The fraction of sp³-hybridized carbons (Fsp3) is 0.300. The molecule has 15 heavy (non-hydrogen) atoms. The van der Waals surface area contributed by atoms with Gasteiger partial charge in [0.25, 0.3) is 0 Å². The number of hydrogen-bond donors (Lipinski definition) is 1. The molecule has 0 amide bonds. The van der Waals surface area contributed by atoms with Gasteiger partial charge in [0.2, 0.25) is 0 Å². The molecular weight excluding hydrogens is 270 g/mol. The van der Waals surface area contributed by atoms with Crippen molar-refractivity contribution in [2.24, 2.45) is 0 Å². The standard InChI is InChI=1S/C10H9BrF2O2/c1-10(2,9(14)15)5-3-4-6(11)8(13)7(5)12/h3-4H,1-2H3,(H,14,15). The molecule has 0 radical (unpaired) electrons. The minimum Gasteiger partial charge on any atom is -0.481 e.